The van der Waals surface area contributed by atoms with Crippen molar-refractivity contribution in [3.8, 4) is 11.5 Å². The number of nitrogen functional groups attached to an aromatic ring is 1. The number of hydrogen-bond acceptors (Lipinski definition) is 3. The van der Waals surface area contributed by atoms with Crippen molar-refractivity contribution in [2.24, 2.45) is 5.73 Å². The average molecular weight is 327 g/mol. The molecule has 0 radical (unpaired) electrons. The summed E-state index contributed by atoms with van der Waals surface area (Å²) in [6.45, 7) is 0. The van der Waals surface area contributed by atoms with Gasteiger partial charge in [-0.25, -0.2) is 0 Å². The summed E-state index contributed by atoms with van der Waals surface area (Å²) in [5, 5.41) is 8.57. The molecule has 2 aromatic rings. The first kappa shape index (κ1) is 15.0. The number of amidine groups is 1. The minimum absolute atomic E-state index is 0.0370. The number of thioether (sulfide) groups is 1. The molecule has 0 aromatic heterocycles. The third-order valence-electron chi connectivity index (χ3n) is 2.60. The van der Waals surface area contributed by atoms with E-state index in [4.69, 9.17) is 39.1 Å². The van der Waals surface area contributed by atoms with Crippen LogP contribution in [0, 0.1) is 5.41 Å². The summed E-state index contributed by atoms with van der Waals surface area (Å²) >= 11 is 13.3. The van der Waals surface area contributed by atoms with Gasteiger partial charge in [-0.2, -0.15) is 0 Å². The number of rotatable bonds is 4. The van der Waals surface area contributed by atoms with Crippen LogP contribution in [-0.2, 0) is 0 Å². The molecule has 0 bridgehead atoms. The summed E-state index contributed by atoms with van der Waals surface area (Å²) in [6.07, 6.45) is 1.92. The Labute approximate surface area is 131 Å². The molecule has 3 nitrogen and oxygen atoms in total. The van der Waals surface area contributed by atoms with Crippen LogP contribution in [0.25, 0.3) is 0 Å². The number of ether oxygens (including phenoxy) is 1. The molecule has 20 heavy (non-hydrogen) atoms. The van der Waals surface area contributed by atoms with Gasteiger partial charge < -0.3 is 10.5 Å². The smallest absolute Gasteiger partial charge is 0.139 e. The highest BCUT2D eigenvalue weighted by Gasteiger charge is 2.13. The summed E-state index contributed by atoms with van der Waals surface area (Å²) in [5.41, 5.74) is 6.22. The van der Waals surface area contributed by atoms with Gasteiger partial charge in [0.15, 0.2) is 0 Å². The molecule has 0 atom stereocenters. The van der Waals surface area contributed by atoms with Crippen molar-refractivity contribution >= 4 is 40.8 Å². The van der Waals surface area contributed by atoms with E-state index in [0.717, 1.165) is 4.90 Å². The number of hydrogen-bond donors (Lipinski definition) is 2. The van der Waals surface area contributed by atoms with Crippen molar-refractivity contribution in [2.75, 3.05) is 6.26 Å². The maximum atomic E-state index is 7.70. The predicted octanol–water partition coefficient (Wildman–Crippen LogP) is 4.79. The SMILES string of the molecule is CSc1cccc(Oc2ccc(Cl)c(Cl)c2)c1C(=N)N. The van der Waals surface area contributed by atoms with Gasteiger partial charge in [-0.3, -0.25) is 5.41 Å². The Hall–Kier alpha value is -1.36. The lowest BCUT2D eigenvalue weighted by Gasteiger charge is -2.13. The third kappa shape index (κ3) is 3.20. The zero-order valence-electron chi connectivity index (χ0n) is 10.6. The van der Waals surface area contributed by atoms with Crippen LogP contribution in [0.15, 0.2) is 41.3 Å². The molecule has 6 heteroatoms. The molecule has 0 saturated heterocycles. The van der Waals surface area contributed by atoms with Gasteiger partial charge in [0, 0.05) is 11.0 Å². The second-order valence-electron chi connectivity index (χ2n) is 3.93. The minimum Gasteiger partial charge on any atom is -0.457 e. The van der Waals surface area contributed by atoms with Crippen LogP contribution in [0.5, 0.6) is 11.5 Å². The van der Waals surface area contributed by atoms with Crippen LogP contribution in [0.3, 0.4) is 0 Å². The van der Waals surface area contributed by atoms with Crippen LogP contribution < -0.4 is 10.5 Å². The zero-order valence-corrected chi connectivity index (χ0v) is 12.9. The molecule has 0 aliphatic heterocycles. The standard InChI is InChI=1S/C14H12Cl2N2OS/c1-20-12-4-2-3-11(13(12)14(17)18)19-8-5-6-9(15)10(16)7-8/h2-7H,1H3,(H3,17,18). The lowest BCUT2D eigenvalue weighted by molar-refractivity contribution is 0.480. The molecule has 0 unspecified atom stereocenters. The van der Waals surface area contributed by atoms with Crippen molar-refractivity contribution in [1.82, 2.24) is 0 Å². The highest BCUT2D eigenvalue weighted by atomic mass is 35.5. The molecule has 3 N–H and O–H groups in total. The molecule has 0 aliphatic rings. The maximum absolute atomic E-state index is 7.70. The van der Waals surface area contributed by atoms with Crippen LogP contribution in [0.2, 0.25) is 10.0 Å². The molecule has 2 rings (SSSR count). The molecular weight excluding hydrogens is 315 g/mol. The van der Waals surface area contributed by atoms with Gasteiger partial charge in [0.2, 0.25) is 0 Å². The molecule has 104 valence electrons. The predicted molar refractivity (Wildman–Crippen MR) is 85.8 cm³/mol. The zero-order chi connectivity index (χ0) is 14.7. The second kappa shape index (κ2) is 6.39. The summed E-state index contributed by atoms with van der Waals surface area (Å²) in [7, 11) is 0. The highest BCUT2D eigenvalue weighted by molar-refractivity contribution is 7.98. The lowest BCUT2D eigenvalue weighted by Crippen LogP contribution is -2.13. The number of nitrogens with two attached hydrogens (primary N) is 1. The molecule has 0 heterocycles. The molecule has 2 aromatic carbocycles. The number of benzene rings is 2. The Kier molecular flexibility index (Phi) is 4.81. The molecule has 0 saturated carbocycles. The van der Waals surface area contributed by atoms with Gasteiger partial charge in [0.05, 0.1) is 15.6 Å². The fourth-order valence-corrected chi connectivity index (χ4v) is 2.62. The normalized spacial score (nSPS) is 10.3. The van der Waals surface area contributed by atoms with Gasteiger partial charge in [0.1, 0.15) is 17.3 Å². The van der Waals surface area contributed by atoms with Gasteiger partial charge in [-0.1, -0.05) is 29.3 Å². The van der Waals surface area contributed by atoms with Crippen LogP contribution in [0.1, 0.15) is 5.56 Å². The third-order valence-corrected chi connectivity index (χ3v) is 4.12. The number of nitrogens with one attached hydrogen (secondary N) is 1. The Balaban J connectivity index is 2.42. The van der Waals surface area contributed by atoms with Crippen molar-refractivity contribution in [1.29, 1.82) is 5.41 Å². The molecule has 0 amide bonds. The Morgan fingerprint density at radius 2 is 1.95 bits per heavy atom. The average Bonchev–Trinajstić information content (AvgIpc) is 2.42. The van der Waals surface area contributed by atoms with Crippen molar-refractivity contribution in [3.05, 3.63) is 52.0 Å². The minimum atomic E-state index is -0.0370. The van der Waals surface area contributed by atoms with E-state index in [-0.39, 0.29) is 5.84 Å². The van der Waals surface area contributed by atoms with E-state index < -0.39 is 0 Å². The Morgan fingerprint density at radius 3 is 2.55 bits per heavy atom. The van der Waals surface area contributed by atoms with E-state index in [1.807, 2.05) is 18.4 Å². The quantitative estimate of drug-likeness (QED) is 0.482. The van der Waals surface area contributed by atoms with Crippen molar-refractivity contribution < 1.29 is 4.74 Å². The summed E-state index contributed by atoms with van der Waals surface area (Å²) in [5.74, 6) is 1.02. The number of halogens is 2. The largest absolute Gasteiger partial charge is 0.457 e. The first-order valence-electron chi connectivity index (χ1n) is 5.67. The van der Waals surface area contributed by atoms with Crippen molar-refractivity contribution in [3.63, 3.8) is 0 Å². The first-order chi connectivity index (χ1) is 9.52. The summed E-state index contributed by atoms with van der Waals surface area (Å²) < 4.78 is 5.77. The molecule has 0 fully saturated rings. The van der Waals surface area contributed by atoms with Crippen LogP contribution in [-0.4, -0.2) is 12.1 Å². The summed E-state index contributed by atoms with van der Waals surface area (Å²) in [6, 6.07) is 10.5. The van der Waals surface area contributed by atoms with E-state index in [2.05, 4.69) is 0 Å². The van der Waals surface area contributed by atoms with Crippen LogP contribution in [0.4, 0.5) is 0 Å². The van der Waals surface area contributed by atoms with E-state index in [0.29, 0.717) is 27.1 Å². The van der Waals surface area contributed by atoms with E-state index in [1.165, 1.54) is 11.8 Å². The van der Waals surface area contributed by atoms with Crippen molar-refractivity contribution in [2.45, 2.75) is 4.90 Å². The van der Waals surface area contributed by atoms with Gasteiger partial charge in [0.25, 0.3) is 0 Å². The molecule has 0 spiro atoms. The van der Waals surface area contributed by atoms with Gasteiger partial charge in [-0.05, 0) is 30.5 Å². The second-order valence-corrected chi connectivity index (χ2v) is 5.59. The van der Waals surface area contributed by atoms with E-state index in [1.54, 1.807) is 24.3 Å². The topological polar surface area (TPSA) is 59.1 Å². The highest BCUT2D eigenvalue weighted by Crippen LogP contribution is 2.34. The fourth-order valence-electron chi connectivity index (χ4n) is 1.70. The maximum Gasteiger partial charge on any atom is 0.139 e. The first-order valence-corrected chi connectivity index (χ1v) is 7.65. The van der Waals surface area contributed by atoms with Gasteiger partial charge >= 0.3 is 0 Å². The Morgan fingerprint density at radius 1 is 1.20 bits per heavy atom. The monoisotopic (exact) mass is 326 g/mol. The van der Waals surface area contributed by atoms with E-state index >= 15 is 0 Å². The fraction of sp³-hybridized carbons (Fsp3) is 0.0714. The van der Waals surface area contributed by atoms with Crippen LogP contribution >= 0.6 is 35.0 Å². The van der Waals surface area contributed by atoms with Gasteiger partial charge in [-0.15, -0.1) is 11.8 Å². The Bertz CT molecular complexity index is 662. The lowest BCUT2D eigenvalue weighted by atomic mass is 10.2. The molecular formula is C14H12Cl2N2OS. The molecule has 0 aliphatic carbocycles. The summed E-state index contributed by atoms with van der Waals surface area (Å²) in [4.78, 5) is 0.884. The van der Waals surface area contributed by atoms with E-state index in [9.17, 15) is 0 Å².